The van der Waals surface area contributed by atoms with Gasteiger partial charge < -0.3 is 15.4 Å². The van der Waals surface area contributed by atoms with Crippen LogP contribution in [0.25, 0.3) is 0 Å². The minimum Gasteiger partial charge on any atom is -0.380 e. The van der Waals surface area contributed by atoms with Crippen molar-refractivity contribution in [3.8, 4) is 0 Å². The molecule has 1 atom stereocenters. The summed E-state index contributed by atoms with van der Waals surface area (Å²) < 4.78 is 19.2. The molecule has 1 aliphatic heterocycles. The number of ether oxygens (including phenoxy) is 1. The van der Waals surface area contributed by atoms with Gasteiger partial charge in [0.1, 0.15) is 5.82 Å². The molecule has 1 saturated heterocycles. The maximum Gasteiger partial charge on any atom is 0.146 e. The Labute approximate surface area is 101 Å². The monoisotopic (exact) mass is 238 g/mol. The standard InChI is InChI=1S/C13H19FN2O/c1-17-11-5-7-16(9-11)13-3-2-10(4-6-15)8-12(13)14/h2-3,8,11H,4-7,9,15H2,1H3. The summed E-state index contributed by atoms with van der Waals surface area (Å²) >= 11 is 0. The van der Waals surface area contributed by atoms with Gasteiger partial charge in [-0.15, -0.1) is 0 Å². The molecular weight excluding hydrogens is 219 g/mol. The van der Waals surface area contributed by atoms with E-state index in [9.17, 15) is 4.39 Å². The molecule has 3 nitrogen and oxygen atoms in total. The molecule has 94 valence electrons. The highest BCUT2D eigenvalue weighted by Crippen LogP contribution is 2.25. The summed E-state index contributed by atoms with van der Waals surface area (Å²) in [6, 6.07) is 5.38. The molecule has 1 aromatic rings. The average molecular weight is 238 g/mol. The second kappa shape index (κ2) is 5.47. The van der Waals surface area contributed by atoms with Crippen LogP contribution in [0, 0.1) is 5.82 Å². The van der Waals surface area contributed by atoms with Crippen LogP contribution in [0.3, 0.4) is 0 Å². The third-order valence-corrected chi connectivity index (χ3v) is 3.26. The summed E-state index contributed by atoms with van der Waals surface area (Å²) in [5.74, 6) is -0.160. The minimum absolute atomic E-state index is 0.160. The van der Waals surface area contributed by atoms with Crippen molar-refractivity contribution >= 4 is 5.69 Å². The molecule has 1 aromatic carbocycles. The van der Waals surface area contributed by atoms with Gasteiger partial charge in [-0.2, -0.15) is 0 Å². The van der Waals surface area contributed by atoms with Gasteiger partial charge in [-0.25, -0.2) is 4.39 Å². The maximum atomic E-state index is 13.9. The molecule has 1 unspecified atom stereocenters. The number of nitrogens with two attached hydrogens (primary N) is 1. The Bertz CT molecular complexity index is 384. The lowest BCUT2D eigenvalue weighted by atomic mass is 10.1. The number of hydrogen-bond acceptors (Lipinski definition) is 3. The molecule has 0 saturated carbocycles. The van der Waals surface area contributed by atoms with E-state index in [0.717, 1.165) is 31.5 Å². The van der Waals surface area contributed by atoms with Crippen LogP contribution in [0.2, 0.25) is 0 Å². The van der Waals surface area contributed by atoms with Crippen molar-refractivity contribution in [3.63, 3.8) is 0 Å². The first-order chi connectivity index (χ1) is 8.24. The molecule has 2 rings (SSSR count). The highest BCUT2D eigenvalue weighted by Gasteiger charge is 2.24. The Morgan fingerprint density at radius 2 is 2.35 bits per heavy atom. The van der Waals surface area contributed by atoms with Crippen molar-refractivity contribution in [2.75, 3.05) is 31.6 Å². The van der Waals surface area contributed by atoms with E-state index in [0.29, 0.717) is 12.2 Å². The third kappa shape index (κ3) is 2.76. The molecular formula is C13H19FN2O. The van der Waals surface area contributed by atoms with E-state index in [-0.39, 0.29) is 11.9 Å². The predicted octanol–water partition coefficient (Wildman–Crippen LogP) is 1.55. The molecule has 0 spiro atoms. The van der Waals surface area contributed by atoms with Crippen LogP contribution >= 0.6 is 0 Å². The molecule has 0 amide bonds. The topological polar surface area (TPSA) is 38.5 Å². The largest absolute Gasteiger partial charge is 0.380 e. The number of halogens is 1. The number of methoxy groups -OCH3 is 1. The van der Waals surface area contributed by atoms with Crippen LogP contribution < -0.4 is 10.6 Å². The summed E-state index contributed by atoms with van der Waals surface area (Å²) in [6.07, 6.45) is 1.90. The lowest BCUT2D eigenvalue weighted by Gasteiger charge is -2.19. The summed E-state index contributed by atoms with van der Waals surface area (Å²) in [7, 11) is 1.70. The Kier molecular flexibility index (Phi) is 3.97. The van der Waals surface area contributed by atoms with Gasteiger partial charge in [0, 0.05) is 20.2 Å². The molecule has 0 bridgehead atoms. The first-order valence-corrected chi connectivity index (χ1v) is 6.01. The van der Waals surface area contributed by atoms with Crippen LogP contribution in [-0.2, 0) is 11.2 Å². The summed E-state index contributed by atoms with van der Waals surface area (Å²) in [4.78, 5) is 2.04. The Balaban J connectivity index is 2.11. The van der Waals surface area contributed by atoms with Crippen molar-refractivity contribution in [2.24, 2.45) is 5.73 Å². The van der Waals surface area contributed by atoms with Crippen LogP contribution in [0.5, 0.6) is 0 Å². The van der Waals surface area contributed by atoms with Gasteiger partial charge in [0.05, 0.1) is 11.8 Å². The zero-order chi connectivity index (χ0) is 12.3. The second-order valence-corrected chi connectivity index (χ2v) is 4.42. The van der Waals surface area contributed by atoms with Crippen LogP contribution in [0.4, 0.5) is 10.1 Å². The molecule has 4 heteroatoms. The zero-order valence-electron chi connectivity index (χ0n) is 10.2. The van der Waals surface area contributed by atoms with Crippen molar-refractivity contribution < 1.29 is 9.13 Å². The fourth-order valence-corrected chi connectivity index (χ4v) is 2.27. The van der Waals surface area contributed by atoms with Gasteiger partial charge in [-0.1, -0.05) is 6.07 Å². The summed E-state index contributed by atoms with van der Waals surface area (Å²) in [5, 5.41) is 0. The number of rotatable bonds is 4. The normalized spacial score (nSPS) is 19.9. The highest BCUT2D eigenvalue weighted by molar-refractivity contribution is 5.50. The molecule has 17 heavy (non-hydrogen) atoms. The van der Waals surface area contributed by atoms with Gasteiger partial charge in [0.25, 0.3) is 0 Å². The van der Waals surface area contributed by atoms with Crippen molar-refractivity contribution in [3.05, 3.63) is 29.6 Å². The Hall–Kier alpha value is -1.13. The highest BCUT2D eigenvalue weighted by atomic mass is 19.1. The lowest BCUT2D eigenvalue weighted by Crippen LogP contribution is -2.23. The fraction of sp³-hybridized carbons (Fsp3) is 0.538. The van der Waals surface area contributed by atoms with Gasteiger partial charge in [-0.05, 0) is 37.1 Å². The van der Waals surface area contributed by atoms with Crippen molar-refractivity contribution in [2.45, 2.75) is 18.9 Å². The molecule has 1 fully saturated rings. The molecule has 2 N–H and O–H groups in total. The van der Waals surface area contributed by atoms with E-state index in [1.54, 1.807) is 13.2 Å². The van der Waals surface area contributed by atoms with Crippen molar-refractivity contribution in [1.82, 2.24) is 0 Å². The third-order valence-electron chi connectivity index (χ3n) is 3.26. The first-order valence-electron chi connectivity index (χ1n) is 6.01. The SMILES string of the molecule is COC1CCN(c2ccc(CCN)cc2F)C1. The number of anilines is 1. The van der Waals surface area contributed by atoms with Gasteiger partial charge in [0.15, 0.2) is 0 Å². The average Bonchev–Trinajstić information content (AvgIpc) is 2.78. The molecule has 1 heterocycles. The van der Waals surface area contributed by atoms with E-state index in [1.807, 2.05) is 17.0 Å². The van der Waals surface area contributed by atoms with Crippen LogP contribution in [0.15, 0.2) is 18.2 Å². The van der Waals surface area contributed by atoms with Crippen molar-refractivity contribution in [1.29, 1.82) is 0 Å². The van der Waals surface area contributed by atoms with E-state index in [1.165, 1.54) is 0 Å². The van der Waals surface area contributed by atoms with Gasteiger partial charge >= 0.3 is 0 Å². The Morgan fingerprint density at radius 1 is 1.53 bits per heavy atom. The summed E-state index contributed by atoms with van der Waals surface area (Å²) in [6.45, 7) is 2.17. The van der Waals surface area contributed by atoms with E-state index < -0.39 is 0 Å². The summed E-state index contributed by atoms with van der Waals surface area (Å²) in [5.41, 5.74) is 7.08. The lowest BCUT2D eigenvalue weighted by molar-refractivity contribution is 0.121. The van der Waals surface area contributed by atoms with E-state index in [2.05, 4.69) is 0 Å². The molecule has 0 radical (unpaired) electrons. The maximum absolute atomic E-state index is 13.9. The Morgan fingerprint density at radius 3 is 2.94 bits per heavy atom. The number of benzene rings is 1. The minimum atomic E-state index is -0.160. The number of nitrogens with zero attached hydrogens (tertiary/aromatic N) is 1. The zero-order valence-corrected chi connectivity index (χ0v) is 10.2. The molecule has 0 aromatic heterocycles. The molecule has 1 aliphatic rings. The molecule has 0 aliphatic carbocycles. The van der Waals surface area contributed by atoms with E-state index >= 15 is 0 Å². The van der Waals surface area contributed by atoms with Crippen LogP contribution in [-0.4, -0.2) is 32.8 Å². The first kappa shape index (κ1) is 12.3. The second-order valence-electron chi connectivity index (χ2n) is 4.42. The van der Waals surface area contributed by atoms with Crippen LogP contribution in [0.1, 0.15) is 12.0 Å². The van der Waals surface area contributed by atoms with Gasteiger partial charge in [-0.3, -0.25) is 0 Å². The van der Waals surface area contributed by atoms with Gasteiger partial charge in [0.2, 0.25) is 0 Å². The predicted molar refractivity (Wildman–Crippen MR) is 66.8 cm³/mol. The fourth-order valence-electron chi connectivity index (χ4n) is 2.27. The van der Waals surface area contributed by atoms with E-state index in [4.69, 9.17) is 10.5 Å². The quantitative estimate of drug-likeness (QED) is 0.865. The number of hydrogen-bond donors (Lipinski definition) is 1. The smallest absolute Gasteiger partial charge is 0.146 e.